The Morgan fingerprint density at radius 1 is 1.19 bits per heavy atom. The molecule has 0 spiro atoms. The molecule has 0 fully saturated rings. The van der Waals surface area contributed by atoms with Crippen molar-refractivity contribution in [3.05, 3.63) is 57.5 Å². The number of rotatable bonds is 2. The van der Waals surface area contributed by atoms with Gasteiger partial charge in [-0.2, -0.15) is 0 Å². The average Bonchev–Trinajstić information content (AvgIpc) is 2.67. The number of hydrogen-bond acceptors (Lipinski definition) is 2. The first kappa shape index (κ1) is 11.5. The average molecular weight is 256 g/mol. The normalized spacial score (nSPS) is 12.8. The lowest BCUT2D eigenvalue weighted by Crippen LogP contribution is -2.11. The molecule has 0 radical (unpaired) electrons. The first-order valence-electron chi connectivity index (χ1n) is 4.85. The van der Waals surface area contributed by atoms with E-state index in [0.717, 1.165) is 11.3 Å². The van der Waals surface area contributed by atoms with Crippen molar-refractivity contribution in [2.24, 2.45) is 5.73 Å². The first-order chi connectivity index (χ1) is 7.58. The van der Waals surface area contributed by atoms with Crippen LogP contribution in [-0.4, -0.2) is 0 Å². The van der Waals surface area contributed by atoms with Gasteiger partial charge in [0, 0.05) is 10.0 Å². The maximum absolute atomic E-state index is 6.07. The number of nitrogens with two attached hydrogens (primary N) is 1. The number of benzene rings is 1. The molecule has 2 N–H and O–H groups in total. The molecule has 0 aliphatic heterocycles. The number of halogens is 2. The summed E-state index contributed by atoms with van der Waals surface area (Å²) in [6.45, 7) is 1.87. The summed E-state index contributed by atoms with van der Waals surface area (Å²) in [4.78, 5) is 0. The Bertz CT molecular complexity index is 507. The second-order valence-electron chi connectivity index (χ2n) is 3.59. The van der Waals surface area contributed by atoms with Crippen LogP contribution < -0.4 is 5.73 Å². The van der Waals surface area contributed by atoms with E-state index in [1.165, 1.54) is 0 Å². The molecule has 1 atom stereocenters. The van der Waals surface area contributed by atoms with Crippen molar-refractivity contribution in [1.82, 2.24) is 0 Å². The van der Waals surface area contributed by atoms with Crippen molar-refractivity contribution in [2.45, 2.75) is 13.0 Å². The van der Waals surface area contributed by atoms with Crippen molar-refractivity contribution in [1.29, 1.82) is 0 Å². The Kier molecular flexibility index (Phi) is 3.24. The largest absolute Gasteiger partial charge is 0.464 e. The Morgan fingerprint density at radius 3 is 2.56 bits per heavy atom. The van der Waals surface area contributed by atoms with Gasteiger partial charge in [0.05, 0.1) is 6.04 Å². The fourth-order valence-electron chi connectivity index (χ4n) is 1.53. The minimum atomic E-state index is -0.389. The van der Waals surface area contributed by atoms with Gasteiger partial charge in [-0.1, -0.05) is 23.2 Å². The number of hydrogen-bond donors (Lipinski definition) is 1. The predicted octanol–water partition coefficient (Wildman–Crippen LogP) is 3.94. The van der Waals surface area contributed by atoms with E-state index < -0.39 is 0 Å². The van der Waals surface area contributed by atoms with Gasteiger partial charge >= 0.3 is 0 Å². The van der Waals surface area contributed by atoms with Crippen LogP contribution in [0.5, 0.6) is 0 Å². The molecule has 0 aliphatic rings. The van der Waals surface area contributed by atoms with Crippen LogP contribution in [0.2, 0.25) is 10.0 Å². The monoisotopic (exact) mass is 255 g/mol. The van der Waals surface area contributed by atoms with Crippen molar-refractivity contribution >= 4 is 23.2 Å². The van der Waals surface area contributed by atoms with Crippen LogP contribution in [0, 0.1) is 6.92 Å². The molecule has 2 rings (SSSR count). The van der Waals surface area contributed by atoms with Crippen molar-refractivity contribution in [3.8, 4) is 0 Å². The van der Waals surface area contributed by atoms with Gasteiger partial charge < -0.3 is 10.2 Å². The highest BCUT2D eigenvalue weighted by atomic mass is 35.5. The molecule has 0 amide bonds. The van der Waals surface area contributed by atoms with Gasteiger partial charge in [-0.25, -0.2) is 0 Å². The summed E-state index contributed by atoms with van der Waals surface area (Å²) in [5.41, 5.74) is 6.83. The first-order valence-corrected chi connectivity index (χ1v) is 5.60. The molecule has 0 bridgehead atoms. The standard InChI is InChI=1S/C12H11Cl2NO/c1-7-2-5-11(16-7)12(15)9-6-8(13)3-4-10(9)14/h2-6,12H,15H2,1H3. The van der Waals surface area contributed by atoms with E-state index in [1.54, 1.807) is 18.2 Å². The minimum Gasteiger partial charge on any atom is -0.464 e. The van der Waals surface area contributed by atoms with Gasteiger partial charge in [-0.15, -0.1) is 0 Å². The van der Waals surface area contributed by atoms with E-state index in [2.05, 4.69) is 0 Å². The van der Waals surface area contributed by atoms with Gasteiger partial charge in [0.1, 0.15) is 11.5 Å². The second kappa shape index (κ2) is 4.50. The predicted molar refractivity (Wildman–Crippen MR) is 65.9 cm³/mol. The molecule has 4 heteroatoms. The highest BCUT2D eigenvalue weighted by Crippen LogP contribution is 2.29. The Morgan fingerprint density at radius 2 is 1.94 bits per heavy atom. The molecule has 0 aliphatic carbocycles. The molecule has 84 valence electrons. The SMILES string of the molecule is Cc1ccc(C(N)c2cc(Cl)ccc2Cl)o1. The molecular weight excluding hydrogens is 245 g/mol. The summed E-state index contributed by atoms with van der Waals surface area (Å²) < 4.78 is 5.47. The highest BCUT2D eigenvalue weighted by Gasteiger charge is 2.15. The van der Waals surface area contributed by atoms with Crippen molar-refractivity contribution in [3.63, 3.8) is 0 Å². The van der Waals surface area contributed by atoms with E-state index >= 15 is 0 Å². The van der Waals surface area contributed by atoms with Gasteiger partial charge in [0.2, 0.25) is 0 Å². The van der Waals surface area contributed by atoms with Crippen molar-refractivity contribution < 1.29 is 4.42 Å². The van der Waals surface area contributed by atoms with Crippen LogP contribution in [-0.2, 0) is 0 Å². The second-order valence-corrected chi connectivity index (χ2v) is 4.44. The Labute approximate surface area is 104 Å². The molecule has 1 heterocycles. The van der Waals surface area contributed by atoms with E-state index in [-0.39, 0.29) is 6.04 Å². The lowest BCUT2D eigenvalue weighted by atomic mass is 10.1. The zero-order chi connectivity index (χ0) is 11.7. The van der Waals surface area contributed by atoms with E-state index in [1.807, 2.05) is 19.1 Å². The molecule has 1 unspecified atom stereocenters. The smallest absolute Gasteiger partial charge is 0.125 e. The fourth-order valence-corrected chi connectivity index (χ4v) is 1.94. The third kappa shape index (κ3) is 2.24. The van der Waals surface area contributed by atoms with Crippen LogP contribution in [0.3, 0.4) is 0 Å². The maximum Gasteiger partial charge on any atom is 0.125 e. The molecule has 0 saturated heterocycles. The summed E-state index contributed by atoms with van der Waals surface area (Å²) in [6.07, 6.45) is 0. The Hall–Kier alpha value is -0.960. The lowest BCUT2D eigenvalue weighted by molar-refractivity contribution is 0.466. The van der Waals surface area contributed by atoms with Gasteiger partial charge in [-0.05, 0) is 42.8 Å². The van der Waals surface area contributed by atoms with Gasteiger partial charge in [-0.3, -0.25) is 0 Å². The van der Waals surface area contributed by atoms with Crippen molar-refractivity contribution in [2.75, 3.05) is 0 Å². The summed E-state index contributed by atoms with van der Waals surface area (Å²) in [5, 5.41) is 1.20. The zero-order valence-corrected chi connectivity index (χ0v) is 10.2. The quantitative estimate of drug-likeness (QED) is 0.883. The Balaban J connectivity index is 2.40. The highest BCUT2D eigenvalue weighted by molar-refractivity contribution is 6.33. The molecule has 16 heavy (non-hydrogen) atoms. The zero-order valence-electron chi connectivity index (χ0n) is 8.71. The number of aryl methyl sites for hydroxylation is 1. The molecule has 2 nitrogen and oxygen atoms in total. The molecule has 1 aromatic heterocycles. The molecule has 0 saturated carbocycles. The van der Waals surface area contributed by atoms with Crippen LogP contribution in [0.4, 0.5) is 0 Å². The van der Waals surface area contributed by atoms with Crippen LogP contribution in [0.15, 0.2) is 34.7 Å². The fraction of sp³-hybridized carbons (Fsp3) is 0.167. The lowest BCUT2D eigenvalue weighted by Gasteiger charge is -2.11. The topological polar surface area (TPSA) is 39.2 Å². The summed E-state index contributed by atoms with van der Waals surface area (Å²) >= 11 is 12.0. The number of furan rings is 1. The van der Waals surface area contributed by atoms with Gasteiger partial charge in [0.15, 0.2) is 0 Å². The summed E-state index contributed by atoms with van der Waals surface area (Å²) in [7, 11) is 0. The summed E-state index contributed by atoms with van der Waals surface area (Å²) in [6, 6.07) is 8.54. The van der Waals surface area contributed by atoms with Crippen LogP contribution in [0.1, 0.15) is 23.1 Å². The summed E-state index contributed by atoms with van der Waals surface area (Å²) in [5.74, 6) is 1.50. The van der Waals surface area contributed by atoms with E-state index in [4.69, 9.17) is 33.4 Å². The minimum absolute atomic E-state index is 0.389. The van der Waals surface area contributed by atoms with E-state index in [9.17, 15) is 0 Å². The third-order valence-electron chi connectivity index (χ3n) is 2.36. The van der Waals surface area contributed by atoms with E-state index in [0.29, 0.717) is 15.8 Å². The molecule has 1 aromatic carbocycles. The third-order valence-corrected chi connectivity index (χ3v) is 2.94. The van der Waals surface area contributed by atoms with Gasteiger partial charge in [0.25, 0.3) is 0 Å². The molecular formula is C12H11Cl2NO. The molecule has 2 aromatic rings. The maximum atomic E-state index is 6.07. The van der Waals surface area contributed by atoms with Crippen LogP contribution in [0.25, 0.3) is 0 Å². The van der Waals surface area contributed by atoms with Crippen LogP contribution >= 0.6 is 23.2 Å².